The highest BCUT2D eigenvalue weighted by atomic mass is 19.3. The molecule has 0 spiro atoms. The Morgan fingerprint density at radius 2 is 2.13 bits per heavy atom. The molecule has 0 atom stereocenters. The summed E-state index contributed by atoms with van der Waals surface area (Å²) in [6.45, 7) is 0. The van der Waals surface area contributed by atoms with E-state index in [1.165, 1.54) is 0 Å². The SMILES string of the molecule is O=C(O)Cc1[nH]c(C(F)F)cc(=O)c1O. The molecule has 0 saturated heterocycles. The fraction of sp³-hybridized carbons (Fsp3) is 0.250. The summed E-state index contributed by atoms with van der Waals surface area (Å²) in [6, 6.07) is 0.533. The van der Waals surface area contributed by atoms with Gasteiger partial charge in [0.05, 0.1) is 17.8 Å². The molecule has 0 radical (unpaired) electrons. The topological polar surface area (TPSA) is 90.4 Å². The maximum Gasteiger partial charge on any atom is 0.309 e. The van der Waals surface area contributed by atoms with Gasteiger partial charge < -0.3 is 15.2 Å². The number of aliphatic carboxylic acids is 1. The van der Waals surface area contributed by atoms with Crippen LogP contribution in [0.2, 0.25) is 0 Å². The van der Waals surface area contributed by atoms with Crippen LogP contribution in [0.25, 0.3) is 0 Å². The van der Waals surface area contributed by atoms with Gasteiger partial charge in [0.15, 0.2) is 5.75 Å². The van der Waals surface area contributed by atoms with Crippen molar-refractivity contribution in [2.75, 3.05) is 0 Å². The molecule has 0 aromatic carbocycles. The first-order valence-electron chi connectivity index (χ1n) is 3.87. The van der Waals surface area contributed by atoms with E-state index in [-0.39, 0.29) is 0 Å². The number of hydrogen-bond acceptors (Lipinski definition) is 3. The summed E-state index contributed by atoms with van der Waals surface area (Å²) >= 11 is 0. The maximum absolute atomic E-state index is 12.2. The molecule has 0 aliphatic heterocycles. The summed E-state index contributed by atoms with van der Waals surface area (Å²) in [6.07, 6.45) is -3.65. The molecule has 0 saturated carbocycles. The van der Waals surface area contributed by atoms with E-state index in [1.54, 1.807) is 0 Å². The van der Waals surface area contributed by atoms with Gasteiger partial charge in [-0.25, -0.2) is 8.78 Å². The number of carbonyl (C=O) groups is 1. The summed E-state index contributed by atoms with van der Waals surface area (Å²) in [4.78, 5) is 23.2. The van der Waals surface area contributed by atoms with Crippen molar-refractivity contribution in [2.24, 2.45) is 0 Å². The van der Waals surface area contributed by atoms with Gasteiger partial charge >= 0.3 is 5.97 Å². The Hall–Kier alpha value is -1.92. The zero-order chi connectivity index (χ0) is 11.6. The molecule has 15 heavy (non-hydrogen) atoms. The Balaban J connectivity index is 3.25. The van der Waals surface area contributed by atoms with Gasteiger partial charge in [-0.05, 0) is 0 Å². The van der Waals surface area contributed by atoms with Gasteiger partial charge in [0.1, 0.15) is 0 Å². The summed E-state index contributed by atoms with van der Waals surface area (Å²) in [5, 5.41) is 17.5. The van der Waals surface area contributed by atoms with Crippen molar-refractivity contribution in [3.63, 3.8) is 0 Å². The lowest BCUT2D eigenvalue weighted by Crippen LogP contribution is -2.12. The van der Waals surface area contributed by atoms with Crippen molar-refractivity contribution < 1.29 is 23.8 Å². The molecule has 7 heteroatoms. The number of alkyl halides is 2. The Bertz CT molecular complexity index is 441. The van der Waals surface area contributed by atoms with Crippen LogP contribution in [-0.2, 0) is 11.2 Å². The number of H-pyrrole nitrogens is 1. The highest BCUT2D eigenvalue weighted by Gasteiger charge is 2.15. The van der Waals surface area contributed by atoms with Crippen molar-refractivity contribution in [1.82, 2.24) is 4.98 Å². The molecule has 1 aromatic rings. The third-order valence-corrected chi connectivity index (χ3v) is 1.66. The highest BCUT2D eigenvalue weighted by Crippen LogP contribution is 2.18. The second kappa shape index (κ2) is 4.07. The number of rotatable bonds is 3. The largest absolute Gasteiger partial charge is 0.503 e. The van der Waals surface area contributed by atoms with E-state index in [0.29, 0.717) is 6.07 Å². The first kappa shape index (κ1) is 11.2. The third-order valence-electron chi connectivity index (χ3n) is 1.66. The van der Waals surface area contributed by atoms with E-state index in [0.717, 1.165) is 0 Å². The Labute approximate surface area is 82.0 Å². The van der Waals surface area contributed by atoms with Crippen LogP contribution < -0.4 is 5.43 Å². The minimum Gasteiger partial charge on any atom is -0.503 e. The molecule has 0 fully saturated rings. The number of halogens is 2. The smallest absolute Gasteiger partial charge is 0.309 e. The van der Waals surface area contributed by atoms with Gasteiger partial charge in [0.2, 0.25) is 5.43 Å². The molecule has 0 unspecified atom stereocenters. The van der Waals surface area contributed by atoms with Crippen LogP contribution in [0.3, 0.4) is 0 Å². The van der Waals surface area contributed by atoms with Crippen molar-refractivity contribution in [3.05, 3.63) is 27.7 Å². The number of nitrogens with one attached hydrogen (secondary N) is 1. The zero-order valence-corrected chi connectivity index (χ0v) is 7.33. The zero-order valence-electron chi connectivity index (χ0n) is 7.33. The third kappa shape index (κ3) is 2.52. The van der Waals surface area contributed by atoms with E-state index in [4.69, 9.17) is 10.2 Å². The first-order valence-corrected chi connectivity index (χ1v) is 3.87. The van der Waals surface area contributed by atoms with Crippen LogP contribution in [-0.4, -0.2) is 21.2 Å². The molecule has 1 rings (SSSR count). The number of carboxylic acid groups (broad SMARTS) is 1. The number of carboxylic acids is 1. The van der Waals surface area contributed by atoms with Crippen LogP contribution in [0.1, 0.15) is 17.8 Å². The fourth-order valence-corrected chi connectivity index (χ4v) is 1.02. The van der Waals surface area contributed by atoms with Gasteiger partial charge in [0.25, 0.3) is 6.43 Å². The average molecular weight is 219 g/mol. The molecule has 3 N–H and O–H groups in total. The molecule has 5 nitrogen and oxygen atoms in total. The molecule has 82 valence electrons. The molecule has 0 aliphatic carbocycles. The molecule has 1 aromatic heterocycles. The summed E-state index contributed by atoms with van der Waals surface area (Å²) in [5.41, 5.74) is -2.17. The number of pyridine rings is 1. The van der Waals surface area contributed by atoms with Crippen LogP contribution in [0.15, 0.2) is 10.9 Å². The molecule has 1 heterocycles. The predicted molar refractivity (Wildman–Crippen MR) is 45.0 cm³/mol. The minimum atomic E-state index is -2.93. The van der Waals surface area contributed by atoms with Crippen LogP contribution >= 0.6 is 0 Å². The predicted octanol–water partition coefficient (Wildman–Crippen LogP) is 0.645. The van der Waals surface area contributed by atoms with Crippen molar-refractivity contribution in [1.29, 1.82) is 0 Å². The van der Waals surface area contributed by atoms with Gasteiger partial charge in [-0.2, -0.15) is 0 Å². The van der Waals surface area contributed by atoms with E-state index in [9.17, 15) is 18.4 Å². The van der Waals surface area contributed by atoms with Gasteiger partial charge in [-0.3, -0.25) is 9.59 Å². The monoisotopic (exact) mass is 219 g/mol. The van der Waals surface area contributed by atoms with Crippen LogP contribution in [0.4, 0.5) is 8.78 Å². The number of aromatic hydroxyl groups is 1. The minimum absolute atomic E-state index is 0.426. The lowest BCUT2D eigenvalue weighted by molar-refractivity contribution is -0.136. The lowest BCUT2D eigenvalue weighted by atomic mass is 10.2. The van der Waals surface area contributed by atoms with E-state index < -0.39 is 41.4 Å². The van der Waals surface area contributed by atoms with Crippen molar-refractivity contribution in [3.8, 4) is 5.75 Å². The summed E-state index contributed by atoms with van der Waals surface area (Å²) < 4.78 is 24.4. The highest BCUT2D eigenvalue weighted by molar-refractivity contribution is 5.70. The normalized spacial score (nSPS) is 10.6. The van der Waals surface area contributed by atoms with Crippen molar-refractivity contribution >= 4 is 5.97 Å². The molecular weight excluding hydrogens is 212 g/mol. The number of aromatic amines is 1. The number of aromatic nitrogens is 1. The Kier molecular flexibility index (Phi) is 3.03. The second-order valence-electron chi connectivity index (χ2n) is 2.79. The molecule has 0 bridgehead atoms. The summed E-state index contributed by atoms with van der Waals surface area (Å²) in [5.74, 6) is -2.19. The van der Waals surface area contributed by atoms with E-state index in [1.807, 2.05) is 4.98 Å². The quantitative estimate of drug-likeness (QED) is 0.695. The van der Waals surface area contributed by atoms with Crippen LogP contribution in [0, 0.1) is 0 Å². The second-order valence-corrected chi connectivity index (χ2v) is 2.79. The Morgan fingerprint density at radius 1 is 1.53 bits per heavy atom. The standard InChI is InChI=1S/C8H7F2NO4/c9-8(10)4-1-5(12)7(15)3(11-4)2-6(13)14/h1,8,15H,2H2,(H,11,12)(H,13,14). The Morgan fingerprint density at radius 3 is 2.60 bits per heavy atom. The average Bonchev–Trinajstić information content (AvgIpc) is 2.11. The van der Waals surface area contributed by atoms with Crippen molar-refractivity contribution in [2.45, 2.75) is 12.8 Å². The van der Waals surface area contributed by atoms with E-state index >= 15 is 0 Å². The van der Waals surface area contributed by atoms with Gasteiger partial charge in [-0.1, -0.05) is 0 Å². The number of hydrogen-bond donors (Lipinski definition) is 3. The van der Waals surface area contributed by atoms with Gasteiger partial charge in [-0.15, -0.1) is 0 Å². The summed E-state index contributed by atoms with van der Waals surface area (Å²) in [7, 11) is 0. The van der Waals surface area contributed by atoms with E-state index in [2.05, 4.69) is 0 Å². The maximum atomic E-state index is 12.2. The molecule has 0 aliphatic rings. The lowest BCUT2D eigenvalue weighted by Gasteiger charge is -2.05. The first-order chi connectivity index (χ1) is 6.91. The van der Waals surface area contributed by atoms with Crippen LogP contribution in [0.5, 0.6) is 5.75 Å². The fourth-order valence-electron chi connectivity index (χ4n) is 1.02. The van der Waals surface area contributed by atoms with Gasteiger partial charge in [0, 0.05) is 6.07 Å². The molecular formula is C8H7F2NO4. The molecule has 0 amide bonds.